The van der Waals surface area contributed by atoms with Crippen molar-refractivity contribution in [1.82, 2.24) is 0 Å². The molecule has 0 aromatic heterocycles. The van der Waals surface area contributed by atoms with Crippen molar-refractivity contribution in [1.29, 1.82) is 0 Å². The molecular weight excluding hydrogens is 240 g/mol. The molecule has 0 aliphatic carbocycles. The van der Waals surface area contributed by atoms with Gasteiger partial charge in [0, 0.05) is 0 Å². The zero-order valence-corrected chi connectivity index (χ0v) is 11.9. The molecule has 0 aliphatic heterocycles. The van der Waals surface area contributed by atoms with Gasteiger partial charge in [-0.25, -0.2) is 4.79 Å². The van der Waals surface area contributed by atoms with Crippen molar-refractivity contribution < 1.29 is 15.0 Å². The van der Waals surface area contributed by atoms with Gasteiger partial charge in [-0.3, -0.25) is 0 Å². The first-order valence-electron chi connectivity index (χ1n) is 7.12. The fourth-order valence-corrected chi connectivity index (χ4v) is 2.17. The predicted octanol–water partition coefficient (Wildman–Crippen LogP) is 3.49. The van der Waals surface area contributed by atoms with Crippen LogP contribution in [-0.4, -0.2) is 16.2 Å². The molecule has 1 unspecified atom stereocenters. The Morgan fingerprint density at radius 1 is 1.11 bits per heavy atom. The number of benzene rings is 1. The van der Waals surface area contributed by atoms with Crippen molar-refractivity contribution in [2.75, 3.05) is 0 Å². The number of aryl methyl sites for hydroxylation is 2. The largest absolute Gasteiger partial charge is 0.479 e. The van der Waals surface area contributed by atoms with Gasteiger partial charge in [-0.2, -0.15) is 0 Å². The highest BCUT2D eigenvalue weighted by molar-refractivity contribution is 5.74. The third kappa shape index (κ3) is 4.67. The number of aliphatic carboxylic acids is 1. The normalized spacial score (nSPS) is 12.4. The van der Waals surface area contributed by atoms with Crippen molar-refractivity contribution in [2.24, 2.45) is 0 Å². The Bertz CT molecular complexity index is 412. The Hall–Kier alpha value is -1.35. The summed E-state index contributed by atoms with van der Waals surface area (Å²) < 4.78 is 0. The highest BCUT2D eigenvalue weighted by Crippen LogP contribution is 2.21. The van der Waals surface area contributed by atoms with E-state index in [0.29, 0.717) is 5.56 Å². The third-order valence-corrected chi connectivity index (χ3v) is 3.38. The zero-order chi connectivity index (χ0) is 14.3. The molecule has 0 amide bonds. The van der Waals surface area contributed by atoms with Crippen molar-refractivity contribution in [3.8, 4) is 0 Å². The van der Waals surface area contributed by atoms with E-state index in [0.717, 1.165) is 38.5 Å². The SMILES string of the molecule is CCCCc1ccc(C(O)C(=O)O)cc1CCCC. The van der Waals surface area contributed by atoms with Crippen molar-refractivity contribution in [3.05, 3.63) is 34.9 Å². The summed E-state index contributed by atoms with van der Waals surface area (Å²) in [6.07, 6.45) is 5.05. The van der Waals surface area contributed by atoms with E-state index < -0.39 is 12.1 Å². The maximum atomic E-state index is 10.8. The molecule has 3 heteroatoms. The van der Waals surface area contributed by atoms with E-state index in [9.17, 15) is 9.90 Å². The van der Waals surface area contributed by atoms with Crippen LogP contribution in [0.1, 0.15) is 62.3 Å². The highest BCUT2D eigenvalue weighted by atomic mass is 16.4. The van der Waals surface area contributed by atoms with E-state index in [1.807, 2.05) is 12.1 Å². The Morgan fingerprint density at radius 3 is 2.21 bits per heavy atom. The quantitative estimate of drug-likeness (QED) is 0.755. The molecule has 0 fully saturated rings. The van der Waals surface area contributed by atoms with Crippen LogP contribution in [0.4, 0.5) is 0 Å². The first-order valence-corrected chi connectivity index (χ1v) is 7.12. The summed E-state index contributed by atoms with van der Waals surface area (Å²) in [6.45, 7) is 4.30. The average Bonchev–Trinajstić information content (AvgIpc) is 2.42. The molecule has 0 saturated carbocycles. The van der Waals surface area contributed by atoms with Gasteiger partial charge in [0.15, 0.2) is 6.10 Å². The van der Waals surface area contributed by atoms with Gasteiger partial charge in [0.2, 0.25) is 0 Å². The van der Waals surface area contributed by atoms with Crippen LogP contribution in [0, 0.1) is 0 Å². The van der Waals surface area contributed by atoms with Crippen LogP contribution < -0.4 is 0 Å². The van der Waals surface area contributed by atoms with Crippen LogP contribution in [0.2, 0.25) is 0 Å². The Labute approximate surface area is 115 Å². The predicted molar refractivity (Wildman–Crippen MR) is 76.3 cm³/mol. The molecule has 3 nitrogen and oxygen atoms in total. The van der Waals surface area contributed by atoms with Gasteiger partial charge in [-0.1, -0.05) is 44.9 Å². The molecule has 1 atom stereocenters. The van der Waals surface area contributed by atoms with Crippen LogP contribution in [-0.2, 0) is 17.6 Å². The summed E-state index contributed by atoms with van der Waals surface area (Å²) in [5.74, 6) is -1.19. The smallest absolute Gasteiger partial charge is 0.337 e. The summed E-state index contributed by atoms with van der Waals surface area (Å²) in [5, 5.41) is 18.5. The van der Waals surface area contributed by atoms with E-state index in [-0.39, 0.29) is 0 Å². The van der Waals surface area contributed by atoms with Gasteiger partial charge in [0.25, 0.3) is 0 Å². The molecule has 1 aromatic carbocycles. The number of carboxylic acid groups (broad SMARTS) is 1. The lowest BCUT2D eigenvalue weighted by Gasteiger charge is -2.13. The number of aliphatic hydroxyl groups is 1. The highest BCUT2D eigenvalue weighted by Gasteiger charge is 2.17. The molecular formula is C16H24O3. The van der Waals surface area contributed by atoms with E-state index >= 15 is 0 Å². The molecule has 0 saturated heterocycles. The number of carboxylic acids is 1. The average molecular weight is 264 g/mol. The summed E-state index contributed by atoms with van der Waals surface area (Å²) in [6, 6.07) is 5.57. The Balaban J connectivity index is 2.96. The maximum absolute atomic E-state index is 10.8. The summed E-state index contributed by atoms with van der Waals surface area (Å²) in [4.78, 5) is 10.8. The number of hydrogen-bond donors (Lipinski definition) is 2. The molecule has 1 aromatic rings. The Morgan fingerprint density at radius 2 is 1.68 bits per heavy atom. The molecule has 19 heavy (non-hydrogen) atoms. The first kappa shape index (κ1) is 15.7. The fourth-order valence-electron chi connectivity index (χ4n) is 2.17. The number of rotatable bonds is 8. The summed E-state index contributed by atoms with van der Waals surface area (Å²) >= 11 is 0. The zero-order valence-electron chi connectivity index (χ0n) is 11.9. The molecule has 0 bridgehead atoms. The minimum absolute atomic E-state index is 0.485. The first-order chi connectivity index (χ1) is 9.10. The van der Waals surface area contributed by atoms with Gasteiger partial charge >= 0.3 is 5.97 Å². The van der Waals surface area contributed by atoms with Gasteiger partial charge in [0.05, 0.1) is 0 Å². The lowest BCUT2D eigenvalue weighted by Crippen LogP contribution is -2.11. The molecule has 1 rings (SSSR count). The van der Waals surface area contributed by atoms with E-state index in [2.05, 4.69) is 13.8 Å². The second-order valence-electron chi connectivity index (χ2n) is 4.98. The minimum atomic E-state index is -1.42. The summed E-state index contributed by atoms with van der Waals surface area (Å²) in [5.41, 5.74) is 2.96. The van der Waals surface area contributed by atoms with Crippen LogP contribution in [0.5, 0.6) is 0 Å². The van der Waals surface area contributed by atoms with Crippen molar-refractivity contribution in [2.45, 2.75) is 58.5 Å². The van der Waals surface area contributed by atoms with Gasteiger partial charge < -0.3 is 10.2 Å². The van der Waals surface area contributed by atoms with E-state index in [1.165, 1.54) is 11.1 Å². The van der Waals surface area contributed by atoms with Crippen LogP contribution in [0.15, 0.2) is 18.2 Å². The number of unbranched alkanes of at least 4 members (excludes halogenated alkanes) is 2. The number of aliphatic hydroxyl groups excluding tert-OH is 1. The third-order valence-electron chi connectivity index (χ3n) is 3.38. The lowest BCUT2D eigenvalue weighted by molar-refractivity contribution is -0.146. The lowest BCUT2D eigenvalue weighted by atomic mass is 9.94. The van der Waals surface area contributed by atoms with Crippen molar-refractivity contribution in [3.63, 3.8) is 0 Å². The maximum Gasteiger partial charge on any atom is 0.337 e. The number of carbonyl (C=O) groups is 1. The standard InChI is InChI=1S/C16H24O3/c1-3-5-7-12-9-10-14(15(17)16(18)19)11-13(12)8-6-4-2/h9-11,15,17H,3-8H2,1-2H3,(H,18,19). The van der Waals surface area contributed by atoms with E-state index in [4.69, 9.17) is 5.11 Å². The Kier molecular flexibility index (Phi) is 6.57. The monoisotopic (exact) mass is 264 g/mol. The molecule has 0 spiro atoms. The van der Waals surface area contributed by atoms with Gasteiger partial charge in [-0.05, 0) is 42.4 Å². The fraction of sp³-hybridized carbons (Fsp3) is 0.562. The van der Waals surface area contributed by atoms with Crippen LogP contribution in [0.25, 0.3) is 0 Å². The molecule has 106 valence electrons. The van der Waals surface area contributed by atoms with Crippen LogP contribution >= 0.6 is 0 Å². The van der Waals surface area contributed by atoms with Gasteiger partial charge in [0.1, 0.15) is 0 Å². The molecule has 0 aliphatic rings. The van der Waals surface area contributed by atoms with Crippen LogP contribution in [0.3, 0.4) is 0 Å². The molecule has 0 heterocycles. The molecule has 0 radical (unpaired) electrons. The summed E-state index contributed by atoms with van der Waals surface area (Å²) in [7, 11) is 0. The van der Waals surface area contributed by atoms with E-state index in [1.54, 1.807) is 6.07 Å². The number of hydrogen-bond acceptors (Lipinski definition) is 2. The molecule has 2 N–H and O–H groups in total. The second kappa shape index (κ2) is 7.95. The second-order valence-corrected chi connectivity index (χ2v) is 4.98. The minimum Gasteiger partial charge on any atom is -0.479 e. The topological polar surface area (TPSA) is 57.5 Å². The van der Waals surface area contributed by atoms with Gasteiger partial charge in [-0.15, -0.1) is 0 Å². The van der Waals surface area contributed by atoms with Crippen molar-refractivity contribution >= 4 is 5.97 Å².